The van der Waals surface area contributed by atoms with E-state index in [0.29, 0.717) is 12.2 Å². The van der Waals surface area contributed by atoms with Gasteiger partial charge >= 0.3 is 5.97 Å². The second kappa shape index (κ2) is 5.54. The maximum absolute atomic E-state index is 11.0. The van der Waals surface area contributed by atoms with Gasteiger partial charge in [0, 0.05) is 0 Å². The summed E-state index contributed by atoms with van der Waals surface area (Å²) in [6.45, 7) is 6.38. The molecule has 88 valence electrons. The van der Waals surface area contributed by atoms with Gasteiger partial charge < -0.3 is 9.84 Å². The number of unbranched alkanes of at least 4 members (excludes halogenated alkanes) is 1. The number of ether oxygens (including phenoxy) is 1. The van der Waals surface area contributed by atoms with Gasteiger partial charge in [0.05, 0.1) is 12.2 Å². The number of carbonyl (C=O) groups is 1. The normalized spacial score (nSPS) is 10.2. The minimum absolute atomic E-state index is 0.378. The van der Waals surface area contributed by atoms with E-state index in [1.807, 2.05) is 0 Å². The number of rotatable bonds is 5. The van der Waals surface area contributed by atoms with E-state index in [2.05, 4.69) is 6.92 Å². The van der Waals surface area contributed by atoms with Crippen molar-refractivity contribution >= 4 is 5.97 Å². The van der Waals surface area contributed by atoms with Crippen molar-refractivity contribution in [2.75, 3.05) is 6.61 Å². The molecule has 3 nitrogen and oxygen atoms in total. The molecule has 16 heavy (non-hydrogen) atoms. The number of benzene rings is 1. The fourth-order valence-electron chi connectivity index (χ4n) is 1.68. The van der Waals surface area contributed by atoms with E-state index >= 15 is 0 Å². The molecule has 0 aliphatic rings. The van der Waals surface area contributed by atoms with Crippen molar-refractivity contribution in [2.45, 2.75) is 33.6 Å². The lowest BCUT2D eigenvalue weighted by atomic mass is 10.0. The van der Waals surface area contributed by atoms with Crippen molar-refractivity contribution in [1.82, 2.24) is 0 Å². The van der Waals surface area contributed by atoms with E-state index in [0.717, 1.165) is 29.7 Å². The number of hydrogen-bond acceptors (Lipinski definition) is 2. The van der Waals surface area contributed by atoms with E-state index in [-0.39, 0.29) is 0 Å². The molecule has 0 saturated carbocycles. The first kappa shape index (κ1) is 12.6. The second-order valence-corrected chi connectivity index (χ2v) is 3.94. The largest absolute Gasteiger partial charge is 0.494 e. The molecule has 1 N–H and O–H groups in total. The van der Waals surface area contributed by atoms with E-state index in [1.54, 1.807) is 26.0 Å². The Bertz CT molecular complexity index is 360. The average molecular weight is 222 g/mol. The van der Waals surface area contributed by atoms with Gasteiger partial charge in [-0.3, -0.25) is 0 Å². The predicted molar refractivity (Wildman–Crippen MR) is 63.3 cm³/mol. The zero-order valence-corrected chi connectivity index (χ0v) is 10.0. The van der Waals surface area contributed by atoms with Crippen molar-refractivity contribution in [3.8, 4) is 5.75 Å². The van der Waals surface area contributed by atoms with Gasteiger partial charge in [-0.05, 0) is 43.5 Å². The third kappa shape index (κ3) is 2.99. The topological polar surface area (TPSA) is 46.5 Å². The lowest BCUT2D eigenvalue weighted by Crippen LogP contribution is -2.04. The summed E-state index contributed by atoms with van der Waals surface area (Å²) < 4.78 is 5.55. The SMILES string of the molecule is CCCCOc1cc(C)c(C(=O)O)c(C)c1. The van der Waals surface area contributed by atoms with Crippen LogP contribution in [0.4, 0.5) is 0 Å². The van der Waals surface area contributed by atoms with Crippen LogP contribution in [0.2, 0.25) is 0 Å². The van der Waals surface area contributed by atoms with Crippen LogP contribution in [-0.2, 0) is 0 Å². The third-order valence-electron chi connectivity index (χ3n) is 2.49. The Kier molecular flexibility index (Phi) is 4.35. The van der Waals surface area contributed by atoms with E-state index in [9.17, 15) is 4.79 Å². The molecule has 0 heterocycles. The Morgan fingerprint density at radius 1 is 1.31 bits per heavy atom. The molecule has 0 aliphatic carbocycles. The van der Waals surface area contributed by atoms with Gasteiger partial charge in [-0.15, -0.1) is 0 Å². The fourth-order valence-corrected chi connectivity index (χ4v) is 1.68. The highest BCUT2D eigenvalue weighted by Crippen LogP contribution is 2.22. The molecule has 0 aliphatic heterocycles. The molecule has 1 rings (SSSR count). The summed E-state index contributed by atoms with van der Waals surface area (Å²) in [5, 5.41) is 9.01. The zero-order chi connectivity index (χ0) is 12.1. The van der Waals surface area contributed by atoms with Crippen LogP contribution < -0.4 is 4.74 Å². The van der Waals surface area contributed by atoms with Crippen LogP contribution >= 0.6 is 0 Å². The van der Waals surface area contributed by atoms with Crippen molar-refractivity contribution in [2.24, 2.45) is 0 Å². The molecule has 0 spiro atoms. The first-order chi connectivity index (χ1) is 7.56. The van der Waals surface area contributed by atoms with Gasteiger partial charge in [0.25, 0.3) is 0 Å². The minimum atomic E-state index is -0.880. The molecule has 0 bridgehead atoms. The van der Waals surface area contributed by atoms with Gasteiger partial charge in [-0.1, -0.05) is 13.3 Å². The summed E-state index contributed by atoms with van der Waals surface area (Å²) in [4.78, 5) is 11.0. The summed E-state index contributed by atoms with van der Waals surface area (Å²) >= 11 is 0. The Morgan fingerprint density at radius 2 is 1.88 bits per heavy atom. The van der Waals surface area contributed by atoms with Gasteiger partial charge in [-0.25, -0.2) is 4.79 Å². The van der Waals surface area contributed by atoms with E-state index in [4.69, 9.17) is 9.84 Å². The van der Waals surface area contributed by atoms with Gasteiger partial charge in [0.1, 0.15) is 5.75 Å². The quantitative estimate of drug-likeness (QED) is 0.778. The highest BCUT2D eigenvalue weighted by molar-refractivity contribution is 5.91. The lowest BCUT2D eigenvalue weighted by molar-refractivity contribution is 0.0695. The molecule has 1 aromatic carbocycles. The summed E-state index contributed by atoms with van der Waals surface area (Å²) in [5.74, 6) is -0.122. The first-order valence-electron chi connectivity index (χ1n) is 5.53. The predicted octanol–water partition coefficient (Wildman–Crippen LogP) is 3.18. The van der Waals surface area contributed by atoms with Gasteiger partial charge in [0.2, 0.25) is 0 Å². The van der Waals surface area contributed by atoms with Gasteiger partial charge in [-0.2, -0.15) is 0 Å². The molecule has 0 saturated heterocycles. The maximum Gasteiger partial charge on any atom is 0.336 e. The van der Waals surface area contributed by atoms with Crippen molar-refractivity contribution in [3.05, 3.63) is 28.8 Å². The van der Waals surface area contributed by atoms with Crippen LogP contribution in [0.3, 0.4) is 0 Å². The fraction of sp³-hybridized carbons (Fsp3) is 0.462. The van der Waals surface area contributed by atoms with Crippen LogP contribution in [0.25, 0.3) is 0 Å². The van der Waals surface area contributed by atoms with E-state index < -0.39 is 5.97 Å². The number of carboxylic acid groups (broad SMARTS) is 1. The molecule has 0 amide bonds. The molecule has 0 radical (unpaired) electrons. The summed E-state index contributed by atoms with van der Waals surface area (Å²) in [6, 6.07) is 3.57. The highest BCUT2D eigenvalue weighted by atomic mass is 16.5. The average Bonchev–Trinajstić information content (AvgIpc) is 2.16. The minimum Gasteiger partial charge on any atom is -0.494 e. The first-order valence-corrected chi connectivity index (χ1v) is 5.53. The van der Waals surface area contributed by atoms with Gasteiger partial charge in [0.15, 0.2) is 0 Å². The Morgan fingerprint density at radius 3 is 2.31 bits per heavy atom. The number of aryl methyl sites for hydroxylation is 2. The maximum atomic E-state index is 11.0. The molecular formula is C13H18O3. The third-order valence-corrected chi connectivity index (χ3v) is 2.49. The standard InChI is InChI=1S/C13H18O3/c1-4-5-6-16-11-7-9(2)12(13(14)15)10(3)8-11/h7-8H,4-6H2,1-3H3,(H,14,15). The van der Waals surface area contributed by atoms with Crippen molar-refractivity contribution in [3.63, 3.8) is 0 Å². The number of aromatic carboxylic acids is 1. The van der Waals surface area contributed by atoms with Crippen LogP contribution in [0.5, 0.6) is 5.75 Å². The number of hydrogen-bond donors (Lipinski definition) is 1. The molecule has 0 fully saturated rings. The summed E-state index contributed by atoms with van der Waals surface area (Å²) in [5.41, 5.74) is 1.88. The molecule has 3 heteroatoms. The number of carboxylic acids is 1. The van der Waals surface area contributed by atoms with Crippen LogP contribution in [-0.4, -0.2) is 17.7 Å². The second-order valence-electron chi connectivity index (χ2n) is 3.94. The summed E-state index contributed by atoms with van der Waals surface area (Å²) in [7, 11) is 0. The van der Waals surface area contributed by atoms with Crippen molar-refractivity contribution in [1.29, 1.82) is 0 Å². The molecule has 0 atom stereocenters. The highest BCUT2D eigenvalue weighted by Gasteiger charge is 2.12. The Labute approximate surface area is 96.1 Å². The monoisotopic (exact) mass is 222 g/mol. The molecule has 0 unspecified atom stereocenters. The molecule has 1 aromatic rings. The van der Waals surface area contributed by atoms with Crippen LogP contribution in [0.15, 0.2) is 12.1 Å². The molecular weight excluding hydrogens is 204 g/mol. The summed E-state index contributed by atoms with van der Waals surface area (Å²) in [6.07, 6.45) is 2.10. The Hall–Kier alpha value is -1.51. The Balaban J connectivity index is 2.87. The lowest BCUT2D eigenvalue weighted by Gasteiger charge is -2.10. The van der Waals surface area contributed by atoms with Crippen LogP contribution in [0, 0.1) is 13.8 Å². The van der Waals surface area contributed by atoms with Crippen molar-refractivity contribution < 1.29 is 14.6 Å². The van der Waals surface area contributed by atoms with Crippen LogP contribution in [0.1, 0.15) is 41.3 Å². The zero-order valence-electron chi connectivity index (χ0n) is 10.0. The van der Waals surface area contributed by atoms with E-state index in [1.165, 1.54) is 0 Å². The molecule has 0 aromatic heterocycles. The smallest absolute Gasteiger partial charge is 0.336 e.